The Bertz CT molecular complexity index is 302. The number of rotatable bonds is 2. The molecule has 6 heteroatoms. The van der Waals surface area contributed by atoms with Crippen molar-refractivity contribution in [3.05, 3.63) is 16.3 Å². The summed E-state index contributed by atoms with van der Waals surface area (Å²) in [6, 6.07) is 0. The van der Waals surface area contributed by atoms with E-state index in [1.165, 1.54) is 4.68 Å². The molecular weight excluding hydrogens is 164 g/mol. The number of aromatic nitrogens is 3. The molecule has 0 saturated carbocycles. The second kappa shape index (κ2) is 3.00. The van der Waals surface area contributed by atoms with Gasteiger partial charge in [0.1, 0.15) is 5.82 Å². The zero-order chi connectivity index (χ0) is 8.43. The topological polar surface area (TPSA) is 65.8 Å². The maximum Gasteiger partial charge on any atom is 0.364 e. The first-order valence-electron chi connectivity index (χ1n) is 3.19. The van der Waals surface area contributed by atoms with Crippen molar-refractivity contribution < 1.29 is 0 Å². The molecule has 0 unspecified atom stereocenters. The lowest BCUT2D eigenvalue weighted by Crippen LogP contribution is -2.30. The Morgan fingerprint density at radius 1 is 1.73 bits per heavy atom. The molecule has 0 spiro atoms. The molecule has 0 saturated heterocycles. The Kier molecular flexibility index (Phi) is 2.23. The van der Waals surface area contributed by atoms with Crippen molar-refractivity contribution >= 4 is 12.6 Å². The predicted octanol–water partition coefficient (Wildman–Crippen LogP) is -1.00. The normalized spacial score (nSPS) is 10.4. The largest absolute Gasteiger partial charge is 0.364 e. The average molecular weight is 174 g/mol. The van der Waals surface area contributed by atoms with Crippen LogP contribution in [0.25, 0.3) is 0 Å². The van der Waals surface area contributed by atoms with E-state index >= 15 is 0 Å². The Hall–Kier alpha value is -0.910. The van der Waals surface area contributed by atoms with Gasteiger partial charge in [-0.1, -0.05) is 0 Å². The SMILES string of the molecule is Cc1nn(CCS)c(=O)n1N. The van der Waals surface area contributed by atoms with Crippen molar-refractivity contribution in [2.24, 2.45) is 0 Å². The number of nitrogens with two attached hydrogens (primary N) is 1. The van der Waals surface area contributed by atoms with Gasteiger partial charge in [0, 0.05) is 5.75 Å². The van der Waals surface area contributed by atoms with E-state index < -0.39 is 0 Å². The fourth-order valence-electron chi connectivity index (χ4n) is 0.769. The van der Waals surface area contributed by atoms with Crippen LogP contribution < -0.4 is 11.5 Å². The molecule has 0 aliphatic heterocycles. The molecular formula is C5H10N4OS. The molecule has 5 nitrogen and oxygen atoms in total. The highest BCUT2D eigenvalue weighted by Crippen LogP contribution is 1.84. The summed E-state index contributed by atoms with van der Waals surface area (Å²) in [4.78, 5) is 11.1. The van der Waals surface area contributed by atoms with E-state index in [4.69, 9.17) is 5.84 Å². The lowest BCUT2D eigenvalue weighted by Gasteiger charge is -1.91. The molecule has 0 atom stereocenters. The molecule has 62 valence electrons. The third kappa shape index (κ3) is 1.40. The highest BCUT2D eigenvalue weighted by Gasteiger charge is 2.04. The van der Waals surface area contributed by atoms with E-state index in [-0.39, 0.29) is 5.69 Å². The summed E-state index contributed by atoms with van der Waals surface area (Å²) in [6.07, 6.45) is 0. The molecule has 2 N–H and O–H groups in total. The molecule has 0 aromatic carbocycles. The molecule has 0 aliphatic carbocycles. The van der Waals surface area contributed by atoms with E-state index in [2.05, 4.69) is 17.7 Å². The van der Waals surface area contributed by atoms with Crippen LogP contribution in [0.15, 0.2) is 4.79 Å². The molecule has 0 fully saturated rings. The maximum absolute atomic E-state index is 11.1. The van der Waals surface area contributed by atoms with Gasteiger partial charge in [-0.15, -0.1) is 0 Å². The summed E-state index contributed by atoms with van der Waals surface area (Å²) in [5.41, 5.74) is -0.295. The molecule has 11 heavy (non-hydrogen) atoms. The first-order valence-corrected chi connectivity index (χ1v) is 3.82. The minimum atomic E-state index is -0.295. The minimum absolute atomic E-state index is 0.295. The summed E-state index contributed by atoms with van der Waals surface area (Å²) in [6.45, 7) is 2.17. The Labute approximate surface area is 69.2 Å². The van der Waals surface area contributed by atoms with Gasteiger partial charge in [0.2, 0.25) is 0 Å². The van der Waals surface area contributed by atoms with E-state index in [9.17, 15) is 4.79 Å². The summed E-state index contributed by atoms with van der Waals surface area (Å²) in [5.74, 6) is 6.42. The standard InChI is InChI=1S/C5H10N4OS/c1-4-7-8(2-3-11)5(10)9(4)6/h11H,2-3,6H2,1H3. The summed E-state index contributed by atoms with van der Waals surface area (Å²) >= 11 is 3.97. The van der Waals surface area contributed by atoms with Gasteiger partial charge >= 0.3 is 5.69 Å². The summed E-state index contributed by atoms with van der Waals surface area (Å²) in [5, 5.41) is 3.89. The van der Waals surface area contributed by atoms with Crippen molar-refractivity contribution in [1.29, 1.82) is 0 Å². The molecule has 0 radical (unpaired) electrons. The van der Waals surface area contributed by atoms with E-state index in [0.29, 0.717) is 18.1 Å². The van der Waals surface area contributed by atoms with Gasteiger partial charge in [0.15, 0.2) is 0 Å². The molecule has 1 heterocycles. The lowest BCUT2D eigenvalue weighted by atomic mass is 10.7. The number of nitrogen functional groups attached to an aromatic ring is 1. The molecule has 1 aromatic heterocycles. The van der Waals surface area contributed by atoms with Crippen LogP contribution in [-0.2, 0) is 6.54 Å². The molecule has 0 bridgehead atoms. The smallest absolute Gasteiger partial charge is 0.333 e. The average Bonchev–Trinajstić information content (AvgIpc) is 2.19. The molecule has 0 amide bonds. The van der Waals surface area contributed by atoms with Crippen LogP contribution in [0.4, 0.5) is 0 Å². The summed E-state index contributed by atoms with van der Waals surface area (Å²) < 4.78 is 2.31. The maximum atomic E-state index is 11.1. The second-order valence-corrected chi connectivity index (χ2v) is 2.59. The molecule has 1 rings (SSSR count). The van der Waals surface area contributed by atoms with Crippen LogP contribution in [0.2, 0.25) is 0 Å². The lowest BCUT2D eigenvalue weighted by molar-refractivity contribution is 0.631. The first kappa shape index (κ1) is 8.19. The van der Waals surface area contributed by atoms with Crippen LogP contribution in [0.1, 0.15) is 5.82 Å². The van der Waals surface area contributed by atoms with Crippen molar-refractivity contribution in [2.45, 2.75) is 13.5 Å². The van der Waals surface area contributed by atoms with Gasteiger partial charge in [-0.05, 0) is 6.92 Å². The Morgan fingerprint density at radius 2 is 2.36 bits per heavy atom. The van der Waals surface area contributed by atoms with Crippen molar-refractivity contribution in [1.82, 2.24) is 14.5 Å². The van der Waals surface area contributed by atoms with Gasteiger partial charge in [0.25, 0.3) is 0 Å². The number of thiol groups is 1. The Morgan fingerprint density at radius 3 is 2.73 bits per heavy atom. The zero-order valence-electron chi connectivity index (χ0n) is 6.19. The second-order valence-electron chi connectivity index (χ2n) is 2.15. The number of aryl methyl sites for hydroxylation is 2. The van der Waals surface area contributed by atoms with Gasteiger partial charge in [-0.25, -0.2) is 9.48 Å². The molecule has 0 aliphatic rings. The van der Waals surface area contributed by atoms with Crippen molar-refractivity contribution in [3.8, 4) is 0 Å². The number of hydrogen-bond donors (Lipinski definition) is 2. The third-order valence-corrected chi connectivity index (χ3v) is 1.55. The van der Waals surface area contributed by atoms with Gasteiger partial charge < -0.3 is 5.84 Å². The van der Waals surface area contributed by atoms with Crippen LogP contribution >= 0.6 is 12.6 Å². The molecule has 1 aromatic rings. The highest BCUT2D eigenvalue weighted by molar-refractivity contribution is 7.80. The highest BCUT2D eigenvalue weighted by atomic mass is 32.1. The first-order chi connectivity index (χ1) is 5.16. The zero-order valence-corrected chi connectivity index (χ0v) is 7.08. The van der Waals surface area contributed by atoms with E-state index in [1.807, 2.05) is 0 Å². The fraction of sp³-hybridized carbons (Fsp3) is 0.600. The van der Waals surface area contributed by atoms with E-state index in [0.717, 1.165) is 4.68 Å². The van der Waals surface area contributed by atoms with Gasteiger partial charge in [-0.3, -0.25) is 0 Å². The minimum Gasteiger partial charge on any atom is -0.333 e. The fourth-order valence-corrected chi connectivity index (χ4v) is 0.958. The number of nitrogens with zero attached hydrogens (tertiary/aromatic N) is 3. The van der Waals surface area contributed by atoms with Crippen LogP contribution in [0.5, 0.6) is 0 Å². The monoisotopic (exact) mass is 174 g/mol. The third-order valence-electron chi connectivity index (χ3n) is 1.35. The predicted molar refractivity (Wildman–Crippen MR) is 45.2 cm³/mol. The van der Waals surface area contributed by atoms with Crippen molar-refractivity contribution in [2.75, 3.05) is 11.6 Å². The van der Waals surface area contributed by atoms with Gasteiger partial charge in [-0.2, -0.15) is 22.4 Å². The van der Waals surface area contributed by atoms with Crippen LogP contribution in [0.3, 0.4) is 0 Å². The summed E-state index contributed by atoms with van der Waals surface area (Å²) in [7, 11) is 0. The van der Waals surface area contributed by atoms with Crippen LogP contribution in [0, 0.1) is 6.92 Å². The number of hydrogen-bond acceptors (Lipinski definition) is 4. The van der Waals surface area contributed by atoms with Crippen molar-refractivity contribution in [3.63, 3.8) is 0 Å². The quantitative estimate of drug-likeness (QED) is 0.446. The van der Waals surface area contributed by atoms with Crippen LogP contribution in [-0.4, -0.2) is 20.2 Å². The van der Waals surface area contributed by atoms with Gasteiger partial charge in [0.05, 0.1) is 6.54 Å². The van der Waals surface area contributed by atoms with E-state index in [1.54, 1.807) is 6.92 Å². The Balaban J connectivity index is 3.09.